The van der Waals surface area contributed by atoms with E-state index in [0.717, 1.165) is 109 Å². The third-order valence-corrected chi connectivity index (χ3v) is 11.1. The van der Waals surface area contributed by atoms with Gasteiger partial charge in [-0.1, -0.05) is 192 Å². The first kappa shape index (κ1) is 61.6. The Balaban J connectivity index is 4.14. The van der Waals surface area contributed by atoms with Gasteiger partial charge in [0.1, 0.15) is 13.2 Å². The van der Waals surface area contributed by atoms with Crippen LogP contribution in [0.1, 0.15) is 162 Å². The van der Waals surface area contributed by atoms with E-state index in [2.05, 4.69) is 141 Å². The predicted octanol–water partition coefficient (Wildman–Crippen LogP) is 14.8. The topological polar surface area (TPSA) is 105 Å². The number of unbranched alkanes of at least 4 members (excludes halogenated alkanes) is 10. The highest BCUT2D eigenvalue weighted by atomic mass is 31.2. The van der Waals surface area contributed by atoms with Gasteiger partial charge in [-0.15, -0.1) is 0 Å². The van der Waals surface area contributed by atoms with Gasteiger partial charge in [0, 0.05) is 6.42 Å². The molecule has 0 fully saturated rings. The van der Waals surface area contributed by atoms with Crippen LogP contribution in [0.5, 0.6) is 0 Å². The Hall–Kier alpha value is -3.36. The Labute approximate surface area is 398 Å². The molecule has 0 bridgehead atoms. The van der Waals surface area contributed by atoms with Crippen molar-refractivity contribution < 1.29 is 32.9 Å². The number of allylic oxidation sites excluding steroid dienone is 21. The summed E-state index contributed by atoms with van der Waals surface area (Å²) in [5.41, 5.74) is 0. The van der Waals surface area contributed by atoms with Crippen molar-refractivity contribution in [2.24, 2.45) is 0 Å². The molecule has 0 aliphatic carbocycles. The first-order chi connectivity index (χ1) is 31.5. The molecular weight excluding hydrogens is 828 g/mol. The van der Waals surface area contributed by atoms with E-state index in [1.807, 2.05) is 27.2 Å². The highest BCUT2D eigenvalue weighted by molar-refractivity contribution is 7.47. The van der Waals surface area contributed by atoms with Crippen molar-refractivity contribution in [2.45, 2.75) is 174 Å². The fourth-order valence-corrected chi connectivity index (χ4v) is 6.89. The molecule has 3 N–H and O–H groups in total. The number of likely N-dealkylation sites (N-methyl/N-ethyl adjacent to an activating group) is 1. The van der Waals surface area contributed by atoms with Crippen LogP contribution in [-0.2, 0) is 18.4 Å². The molecule has 0 aromatic carbocycles. The summed E-state index contributed by atoms with van der Waals surface area (Å²) in [4.78, 5) is 23.1. The largest absolute Gasteiger partial charge is 0.472 e. The lowest BCUT2D eigenvalue weighted by Crippen LogP contribution is -2.45. The van der Waals surface area contributed by atoms with E-state index in [4.69, 9.17) is 9.05 Å². The molecule has 0 aromatic rings. The molecule has 0 saturated heterocycles. The Morgan fingerprint density at radius 3 is 1.42 bits per heavy atom. The van der Waals surface area contributed by atoms with E-state index in [-0.39, 0.29) is 19.1 Å². The Bertz CT molecular complexity index is 1510. The van der Waals surface area contributed by atoms with E-state index < -0.39 is 20.0 Å². The molecule has 3 atom stereocenters. The number of nitrogens with one attached hydrogen (secondary N) is 1. The van der Waals surface area contributed by atoms with Gasteiger partial charge >= 0.3 is 7.82 Å². The standard InChI is InChI=1S/C56H93N2O6P/c1-6-8-10-12-14-16-17-18-19-20-21-22-23-24-25-26-27-28-29-30-31-32-33-34-35-36-37-38-39-40-41-42-44-46-48-50-56(60)57-54(53-64-65(61,62)63-52-51-58(3,4)5)55(59)49-47-45-43-15-13-11-9-7-2/h8,10,13-16,18-19,21-22,24-25,27-28,30-31,33-34,36-37,47,49,54-55,59H,6-7,9,11-12,17,20,23,26,29,32,35,38-46,48,50-53H2,1-5H3,(H-,57,60,61,62)/p+1/b10-8-,15-13+,16-14-,19-18-,22-21-,25-24-,28-27-,31-30-,34-33-,37-36-,49-47+. The van der Waals surface area contributed by atoms with Crippen LogP contribution in [0.25, 0.3) is 0 Å². The number of nitrogens with zero attached hydrogens (tertiary/aromatic N) is 1. The van der Waals surface area contributed by atoms with Crippen LogP contribution in [-0.4, -0.2) is 73.4 Å². The van der Waals surface area contributed by atoms with Gasteiger partial charge in [0.05, 0.1) is 39.9 Å². The van der Waals surface area contributed by atoms with Crippen LogP contribution >= 0.6 is 7.82 Å². The van der Waals surface area contributed by atoms with Crippen LogP contribution in [0.2, 0.25) is 0 Å². The average Bonchev–Trinajstić information content (AvgIpc) is 3.26. The normalized spacial score (nSPS) is 15.2. The molecule has 0 saturated carbocycles. The number of carbonyl (C=O) groups excluding carboxylic acids is 1. The molecule has 0 aliphatic heterocycles. The molecule has 0 heterocycles. The molecule has 3 unspecified atom stereocenters. The zero-order valence-corrected chi connectivity index (χ0v) is 42.6. The molecule has 9 heteroatoms. The zero-order chi connectivity index (χ0) is 47.8. The maximum absolute atomic E-state index is 12.8. The SMILES string of the molecule is CC/C=C\C/C=C\C/C=C\C/C=C\C/C=C\C/C=C\C/C=C\C/C=C\C/C=C\CCCCCCCCCC(=O)NC(COP(=O)(O)OCC[N+](C)(C)C)C(O)/C=C/CC/C=C/CCCC. The van der Waals surface area contributed by atoms with E-state index in [1.165, 1.54) is 32.1 Å². The van der Waals surface area contributed by atoms with Gasteiger partial charge in [0.25, 0.3) is 0 Å². The van der Waals surface area contributed by atoms with Gasteiger partial charge in [-0.25, -0.2) is 4.57 Å². The summed E-state index contributed by atoms with van der Waals surface area (Å²) in [6.45, 7) is 4.55. The molecule has 0 rings (SSSR count). The van der Waals surface area contributed by atoms with Gasteiger partial charge in [0.2, 0.25) is 5.91 Å². The van der Waals surface area contributed by atoms with Crippen LogP contribution in [0.15, 0.2) is 134 Å². The van der Waals surface area contributed by atoms with Crippen molar-refractivity contribution in [3.8, 4) is 0 Å². The molecule has 0 aliphatic rings. The maximum Gasteiger partial charge on any atom is 0.472 e. The van der Waals surface area contributed by atoms with E-state index >= 15 is 0 Å². The van der Waals surface area contributed by atoms with Gasteiger partial charge < -0.3 is 19.8 Å². The molecular formula is C56H94N2O6P+. The molecule has 0 radical (unpaired) electrons. The summed E-state index contributed by atoms with van der Waals surface area (Å²) in [5.74, 6) is -0.210. The lowest BCUT2D eigenvalue weighted by Gasteiger charge is -2.25. The summed E-state index contributed by atoms with van der Waals surface area (Å²) in [7, 11) is 1.52. The Morgan fingerprint density at radius 2 is 0.938 bits per heavy atom. The first-order valence-corrected chi connectivity index (χ1v) is 26.6. The minimum absolute atomic E-state index is 0.0458. The molecule has 0 aromatic heterocycles. The number of phosphoric acid groups is 1. The summed E-state index contributed by atoms with van der Waals surface area (Å²) in [6, 6.07) is -0.876. The van der Waals surface area contributed by atoms with Crippen molar-refractivity contribution in [1.82, 2.24) is 5.32 Å². The number of phosphoric ester groups is 1. The van der Waals surface area contributed by atoms with Crippen molar-refractivity contribution in [2.75, 3.05) is 40.9 Å². The number of aliphatic hydroxyl groups is 1. The Morgan fingerprint density at radius 1 is 0.538 bits per heavy atom. The average molecular weight is 922 g/mol. The number of amides is 1. The third-order valence-electron chi connectivity index (χ3n) is 10.1. The van der Waals surface area contributed by atoms with Crippen LogP contribution < -0.4 is 5.32 Å². The maximum atomic E-state index is 12.8. The summed E-state index contributed by atoms with van der Waals surface area (Å²) in [6.07, 6.45) is 69.9. The fourth-order valence-electron chi connectivity index (χ4n) is 6.15. The van der Waals surface area contributed by atoms with Crippen molar-refractivity contribution in [3.05, 3.63) is 134 Å². The first-order valence-electron chi connectivity index (χ1n) is 25.1. The van der Waals surface area contributed by atoms with Crippen LogP contribution in [0.3, 0.4) is 0 Å². The van der Waals surface area contributed by atoms with E-state index in [9.17, 15) is 19.4 Å². The highest BCUT2D eigenvalue weighted by Crippen LogP contribution is 2.43. The van der Waals surface area contributed by atoms with Crippen molar-refractivity contribution in [1.29, 1.82) is 0 Å². The molecule has 65 heavy (non-hydrogen) atoms. The lowest BCUT2D eigenvalue weighted by atomic mass is 10.1. The quantitative estimate of drug-likeness (QED) is 0.0244. The van der Waals surface area contributed by atoms with Gasteiger partial charge in [0.15, 0.2) is 0 Å². The lowest BCUT2D eigenvalue weighted by molar-refractivity contribution is -0.870. The van der Waals surface area contributed by atoms with Gasteiger partial charge in [-0.3, -0.25) is 13.8 Å². The van der Waals surface area contributed by atoms with Gasteiger partial charge in [-0.2, -0.15) is 0 Å². The second kappa shape index (κ2) is 45.8. The number of rotatable bonds is 43. The second-order valence-electron chi connectivity index (χ2n) is 17.4. The number of carbonyl (C=O) groups is 1. The fraction of sp³-hybridized carbons (Fsp3) is 0.589. The second-order valence-corrected chi connectivity index (χ2v) is 18.9. The summed E-state index contributed by atoms with van der Waals surface area (Å²) >= 11 is 0. The minimum Gasteiger partial charge on any atom is -0.387 e. The van der Waals surface area contributed by atoms with Crippen LogP contribution in [0, 0.1) is 0 Å². The number of quaternary nitrogens is 1. The third kappa shape index (κ3) is 48.4. The number of hydrogen-bond acceptors (Lipinski definition) is 5. The number of aliphatic hydroxyl groups excluding tert-OH is 1. The molecule has 368 valence electrons. The van der Waals surface area contributed by atoms with Crippen LogP contribution in [0.4, 0.5) is 0 Å². The smallest absolute Gasteiger partial charge is 0.387 e. The molecule has 1 amide bonds. The van der Waals surface area contributed by atoms with Crippen molar-refractivity contribution in [3.63, 3.8) is 0 Å². The monoisotopic (exact) mass is 922 g/mol. The predicted molar refractivity (Wildman–Crippen MR) is 281 cm³/mol. The number of hydrogen-bond donors (Lipinski definition) is 3. The van der Waals surface area contributed by atoms with E-state index in [0.29, 0.717) is 17.4 Å². The molecule has 8 nitrogen and oxygen atoms in total. The highest BCUT2D eigenvalue weighted by Gasteiger charge is 2.27. The van der Waals surface area contributed by atoms with Crippen molar-refractivity contribution >= 4 is 13.7 Å². The summed E-state index contributed by atoms with van der Waals surface area (Å²) < 4.78 is 23.5. The van der Waals surface area contributed by atoms with E-state index in [1.54, 1.807) is 6.08 Å². The minimum atomic E-state index is -4.35. The summed E-state index contributed by atoms with van der Waals surface area (Å²) in [5, 5.41) is 13.7. The molecule has 0 spiro atoms. The zero-order valence-electron chi connectivity index (χ0n) is 41.7. The Kier molecular flexibility index (Phi) is 43.4. The van der Waals surface area contributed by atoms with Gasteiger partial charge in [-0.05, 0) is 96.3 Å².